The van der Waals surface area contributed by atoms with Gasteiger partial charge in [-0.2, -0.15) is 5.10 Å². The summed E-state index contributed by atoms with van der Waals surface area (Å²) in [6.45, 7) is 1.92. The molecule has 0 aliphatic rings. The summed E-state index contributed by atoms with van der Waals surface area (Å²) in [6.07, 6.45) is 1.54. The molecule has 0 saturated heterocycles. The Kier molecular flexibility index (Phi) is 5.22. The fourth-order valence-corrected chi connectivity index (χ4v) is 2.76. The van der Waals surface area contributed by atoms with Gasteiger partial charge in [0.2, 0.25) is 0 Å². The van der Waals surface area contributed by atoms with Gasteiger partial charge >= 0.3 is 0 Å². The monoisotopic (exact) mass is 351 g/mol. The second kappa shape index (κ2) is 7.74. The first-order chi connectivity index (χ1) is 12.6. The first-order valence-corrected chi connectivity index (χ1v) is 8.25. The van der Waals surface area contributed by atoms with E-state index in [9.17, 15) is 4.79 Å². The van der Waals surface area contributed by atoms with Crippen LogP contribution in [0.15, 0.2) is 54.7 Å². The largest absolute Gasteiger partial charge is 0.493 e. The molecule has 2 aromatic carbocycles. The highest BCUT2D eigenvalue weighted by Gasteiger charge is 2.18. The van der Waals surface area contributed by atoms with Crippen molar-refractivity contribution in [3.8, 4) is 22.8 Å². The van der Waals surface area contributed by atoms with Gasteiger partial charge in [0, 0.05) is 5.56 Å². The van der Waals surface area contributed by atoms with E-state index < -0.39 is 0 Å². The van der Waals surface area contributed by atoms with Crippen molar-refractivity contribution in [1.29, 1.82) is 0 Å². The number of benzene rings is 2. The van der Waals surface area contributed by atoms with Crippen molar-refractivity contribution < 1.29 is 14.3 Å². The third-order valence-corrected chi connectivity index (χ3v) is 4.20. The first-order valence-electron chi connectivity index (χ1n) is 8.25. The average molecular weight is 351 g/mol. The van der Waals surface area contributed by atoms with Crippen molar-refractivity contribution in [1.82, 2.24) is 15.5 Å². The molecule has 26 heavy (non-hydrogen) atoms. The average Bonchev–Trinajstić information content (AvgIpc) is 3.18. The van der Waals surface area contributed by atoms with Gasteiger partial charge in [0.1, 0.15) is 0 Å². The number of carbonyl (C=O) groups excluding carboxylic acids is 1. The molecule has 0 aliphatic heterocycles. The van der Waals surface area contributed by atoms with E-state index in [1.165, 1.54) is 0 Å². The molecule has 134 valence electrons. The van der Waals surface area contributed by atoms with Crippen LogP contribution in [-0.4, -0.2) is 30.3 Å². The van der Waals surface area contributed by atoms with E-state index in [0.29, 0.717) is 22.8 Å². The lowest BCUT2D eigenvalue weighted by Gasteiger charge is -2.16. The third kappa shape index (κ3) is 3.54. The number of rotatable bonds is 6. The Morgan fingerprint density at radius 3 is 2.50 bits per heavy atom. The number of hydrogen-bond donors (Lipinski definition) is 2. The number of aromatic amines is 1. The minimum Gasteiger partial charge on any atom is -0.493 e. The Balaban J connectivity index is 1.80. The molecule has 0 bridgehead atoms. The van der Waals surface area contributed by atoms with Crippen LogP contribution >= 0.6 is 0 Å². The van der Waals surface area contributed by atoms with Gasteiger partial charge in [-0.15, -0.1) is 0 Å². The van der Waals surface area contributed by atoms with Crippen molar-refractivity contribution in [3.05, 3.63) is 65.9 Å². The second-order valence-corrected chi connectivity index (χ2v) is 5.83. The molecule has 0 saturated carbocycles. The van der Waals surface area contributed by atoms with Crippen LogP contribution in [0.3, 0.4) is 0 Å². The maximum Gasteiger partial charge on any atom is 0.255 e. The Morgan fingerprint density at radius 1 is 1.08 bits per heavy atom. The molecule has 0 aliphatic carbocycles. The van der Waals surface area contributed by atoms with Crippen LogP contribution in [0.1, 0.15) is 28.9 Å². The maximum atomic E-state index is 12.7. The lowest BCUT2D eigenvalue weighted by molar-refractivity contribution is 0.0940. The normalized spacial score (nSPS) is 11.7. The molecule has 2 N–H and O–H groups in total. The molecule has 1 aromatic heterocycles. The molecule has 6 heteroatoms. The number of aromatic nitrogens is 2. The molecule has 0 spiro atoms. The molecule has 1 atom stereocenters. The minimum absolute atomic E-state index is 0.195. The zero-order chi connectivity index (χ0) is 18.5. The highest BCUT2D eigenvalue weighted by molar-refractivity contribution is 5.99. The smallest absolute Gasteiger partial charge is 0.255 e. The van der Waals surface area contributed by atoms with Crippen molar-refractivity contribution in [3.63, 3.8) is 0 Å². The van der Waals surface area contributed by atoms with E-state index in [0.717, 1.165) is 11.1 Å². The molecule has 6 nitrogen and oxygen atoms in total. The SMILES string of the molecule is COc1ccc([C@@H](C)NC(=O)c2cn[nH]c2-c2ccccc2)cc1OC. The van der Waals surface area contributed by atoms with Crippen molar-refractivity contribution in [2.45, 2.75) is 13.0 Å². The molecule has 0 unspecified atom stereocenters. The first kappa shape index (κ1) is 17.5. The molecule has 3 aromatic rings. The Hall–Kier alpha value is -3.28. The van der Waals surface area contributed by atoms with Gasteiger partial charge in [0.05, 0.1) is 37.7 Å². The van der Waals surface area contributed by atoms with E-state index >= 15 is 0 Å². The highest BCUT2D eigenvalue weighted by atomic mass is 16.5. The summed E-state index contributed by atoms with van der Waals surface area (Å²) in [5.74, 6) is 1.08. The number of ether oxygens (including phenoxy) is 2. The lowest BCUT2D eigenvalue weighted by atomic mass is 10.1. The van der Waals surface area contributed by atoms with E-state index in [1.807, 2.05) is 55.5 Å². The number of methoxy groups -OCH3 is 2. The lowest BCUT2D eigenvalue weighted by Crippen LogP contribution is -2.26. The van der Waals surface area contributed by atoms with E-state index in [-0.39, 0.29) is 11.9 Å². The van der Waals surface area contributed by atoms with Gasteiger partial charge in [0.25, 0.3) is 5.91 Å². The summed E-state index contributed by atoms with van der Waals surface area (Å²) in [5, 5.41) is 9.93. The zero-order valence-electron chi connectivity index (χ0n) is 14.9. The van der Waals surface area contributed by atoms with E-state index in [4.69, 9.17) is 9.47 Å². The Bertz CT molecular complexity index is 890. The van der Waals surface area contributed by atoms with Crippen LogP contribution < -0.4 is 14.8 Å². The summed E-state index contributed by atoms with van der Waals surface area (Å²) in [5.41, 5.74) is 3.03. The summed E-state index contributed by atoms with van der Waals surface area (Å²) < 4.78 is 10.6. The van der Waals surface area contributed by atoms with Gasteiger partial charge in [-0.25, -0.2) is 0 Å². The maximum absolute atomic E-state index is 12.7. The molecule has 1 amide bonds. The van der Waals surface area contributed by atoms with Crippen LogP contribution in [-0.2, 0) is 0 Å². The number of hydrogen-bond acceptors (Lipinski definition) is 4. The second-order valence-electron chi connectivity index (χ2n) is 5.83. The van der Waals surface area contributed by atoms with Gasteiger partial charge in [-0.05, 0) is 24.6 Å². The Morgan fingerprint density at radius 2 is 1.81 bits per heavy atom. The van der Waals surface area contributed by atoms with Crippen LogP contribution in [0.5, 0.6) is 11.5 Å². The fraction of sp³-hybridized carbons (Fsp3) is 0.200. The topological polar surface area (TPSA) is 76.2 Å². The summed E-state index contributed by atoms with van der Waals surface area (Å²) >= 11 is 0. The Labute approximate surface area is 152 Å². The number of H-pyrrole nitrogens is 1. The predicted molar refractivity (Wildman–Crippen MR) is 99.5 cm³/mol. The minimum atomic E-state index is -0.208. The molecule has 0 fully saturated rings. The van der Waals surface area contributed by atoms with Gasteiger partial charge in [0.15, 0.2) is 11.5 Å². The number of amides is 1. The summed E-state index contributed by atoms with van der Waals surface area (Å²) in [4.78, 5) is 12.7. The fourth-order valence-electron chi connectivity index (χ4n) is 2.76. The molecular formula is C20H21N3O3. The number of carbonyl (C=O) groups is 1. The predicted octanol–water partition coefficient (Wildman–Crippen LogP) is 3.58. The number of nitrogens with one attached hydrogen (secondary N) is 2. The molecule has 3 rings (SSSR count). The van der Waals surface area contributed by atoms with E-state index in [2.05, 4.69) is 15.5 Å². The third-order valence-electron chi connectivity index (χ3n) is 4.20. The van der Waals surface area contributed by atoms with Crippen LogP contribution in [0.2, 0.25) is 0 Å². The van der Waals surface area contributed by atoms with Gasteiger partial charge < -0.3 is 14.8 Å². The zero-order valence-corrected chi connectivity index (χ0v) is 14.9. The summed E-state index contributed by atoms with van der Waals surface area (Å²) in [7, 11) is 3.18. The van der Waals surface area contributed by atoms with Crippen molar-refractivity contribution in [2.75, 3.05) is 14.2 Å². The molecule has 1 heterocycles. The van der Waals surface area contributed by atoms with Crippen molar-refractivity contribution >= 4 is 5.91 Å². The van der Waals surface area contributed by atoms with Crippen LogP contribution in [0.25, 0.3) is 11.3 Å². The summed E-state index contributed by atoms with van der Waals surface area (Å²) in [6, 6.07) is 15.0. The quantitative estimate of drug-likeness (QED) is 0.712. The molecule has 0 radical (unpaired) electrons. The highest BCUT2D eigenvalue weighted by Crippen LogP contribution is 2.30. The standard InChI is InChI=1S/C20H21N3O3/c1-13(15-9-10-17(25-2)18(11-15)26-3)22-20(24)16-12-21-23-19(16)14-7-5-4-6-8-14/h4-13H,1-3H3,(H,21,23)(H,22,24)/t13-/m1/s1. The van der Waals surface area contributed by atoms with Crippen molar-refractivity contribution in [2.24, 2.45) is 0 Å². The number of nitrogens with zero attached hydrogens (tertiary/aromatic N) is 1. The van der Waals surface area contributed by atoms with Gasteiger partial charge in [-0.1, -0.05) is 36.4 Å². The van der Waals surface area contributed by atoms with Crippen LogP contribution in [0.4, 0.5) is 0 Å². The van der Waals surface area contributed by atoms with Crippen LogP contribution in [0, 0.1) is 0 Å². The van der Waals surface area contributed by atoms with Gasteiger partial charge in [-0.3, -0.25) is 9.89 Å². The molecular weight excluding hydrogens is 330 g/mol. The van der Waals surface area contributed by atoms with E-state index in [1.54, 1.807) is 20.4 Å².